The summed E-state index contributed by atoms with van der Waals surface area (Å²) in [6.45, 7) is 15.4. The minimum Gasteiger partial charge on any atom is -0.0988 e. The number of hydrogen-bond donors (Lipinski definition) is 0. The van der Waals surface area contributed by atoms with Crippen molar-refractivity contribution < 1.29 is 0 Å². The predicted octanol–water partition coefficient (Wildman–Crippen LogP) is 3.80. The molecule has 0 amide bonds. The largest absolute Gasteiger partial charge is 0.0988 e. The van der Waals surface area contributed by atoms with Gasteiger partial charge in [0.05, 0.1) is 0 Å². The average molecular weight is 188 g/mol. The molecule has 0 bridgehead atoms. The molecule has 5 atom stereocenters. The lowest BCUT2D eigenvalue weighted by Crippen LogP contribution is -2.09. The fourth-order valence-electron chi connectivity index (χ4n) is 5.52. The van der Waals surface area contributed by atoms with Crippen molar-refractivity contribution in [3.05, 3.63) is 24.8 Å². The second-order valence-corrected chi connectivity index (χ2v) is 6.03. The molecule has 5 unspecified atom stereocenters. The second kappa shape index (κ2) is 1.89. The Morgan fingerprint density at radius 3 is 2.50 bits per heavy atom. The van der Waals surface area contributed by atoms with E-state index >= 15 is 0 Å². The van der Waals surface area contributed by atoms with Crippen LogP contribution < -0.4 is 0 Å². The van der Waals surface area contributed by atoms with Gasteiger partial charge >= 0.3 is 0 Å². The fourth-order valence-corrected chi connectivity index (χ4v) is 5.52. The van der Waals surface area contributed by atoms with E-state index in [2.05, 4.69) is 33.9 Å². The Hall–Kier alpha value is -0.520. The van der Waals surface area contributed by atoms with Gasteiger partial charge in [-0.05, 0) is 41.1 Å². The summed E-state index contributed by atoms with van der Waals surface area (Å²) in [5.41, 5.74) is 2.96. The van der Waals surface area contributed by atoms with Crippen LogP contribution in [0.4, 0.5) is 0 Å². The Bertz CT molecular complexity index is 353. The maximum absolute atomic E-state index is 4.21. The molecule has 1 spiro atoms. The van der Waals surface area contributed by atoms with Crippen LogP contribution in [0.25, 0.3) is 0 Å². The third-order valence-corrected chi connectivity index (χ3v) is 6.39. The maximum Gasteiger partial charge on any atom is 0.00202 e. The van der Waals surface area contributed by atoms with Gasteiger partial charge in [-0.25, -0.2) is 0 Å². The Morgan fingerprint density at radius 1 is 1.43 bits per heavy atom. The molecule has 3 aliphatic rings. The summed E-state index contributed by atoms with van der Waals surface area (Å²) in [7, 11) is 0. The number of rotatable bonds is 2. The van der Waals surface area contributed by atoms with E-state index in [-0.39, 0.29) is 0 Å². The molecule has 3 saturated carbocycles. The topological polar surface area (TPSA) is 0 Å². The summed E-state index contributed by atoms with van der Waals surface area (Å²) in [5, 5.41) is 0. The first-order valence-electron chi connectivity index (χ1n) is 5.79. The molecule has 0 aromatic carbocycles. The van der Waals surface area contributed by atoms with Gasteiger partial charge in [0.1, 0.15) is 0 Å². The van der Waals surface area contributed by atoms with Crippen LogP contribution in [-0.2, 0) is 0 Å². The number of allylic oxidation sites excluding steroid dienone is 2. The van der Waals surface area contributed by atoms with Crippen molar-refractivity contribution in [3.63, 3.8) is 0 Å². The Balaban J connectivity index is 2.04. The van der Waals surface area contributed by atoms with Crippen LogP contribution in [0.2, 0.25) is 0 Å². The first-order chi connectivity index (χ1) is 6.48. The summed E-state index contributed by atoms with van der Waals surface area (Å²) in [6, 6.07) is 0. The standard InChI is InChI=1S/C14H20/c1-6-9(2)13(5)11-7-8-12(4)10(3)14(11,12)13/h6,10-11H,1-2,7-8H2,3-5H3. The van der Waals surface area contributed by atoms with Crippen LogP contribution in [-0.4, -0.2) is 0 Å². The van der Waals surface area contributed by atoms with Crippen LogP contribution in [0, 0.1) is 28.1 Å². The van der Waals surface area contributed by atoms with Gasteiger partial charge in [0.25, 0.3) is 0 Å². The summed E-state index contributed by atoms with van der Waals surface area (Å²) in [6.07, 6.45) is 4.85. The lowest BCUT2D eigenvalue weighted by molar-refractivity contribution is 0.399. The maximum atomic E-state index is 4.21. The minimum atomic E-state index is 0.404. The lowest BCUT2D eigenvalue weighted by Gasteiger charge is -2.18. The molecule has 0 heteroatoms. The highest BCUT2D eigenvalue weighted by molar-refractivity contribution is 5.51. The monoisotopic (exact) mass is 188 g/mol. The van der Waals surface area contributed by atoms with Gasteiger partial charge in [-0.3, -0.25) is 0 Å². The highest BCUT2D eigenvalue weighted by Gasteiger charge is 2.95. The molecule has 0 heterocycles. The molecule has 0 saturated heterocycles. The molecule has 0 radical (unpaired) electrons. The molecule has 0 aliphatic heterocycles. The van der Waals surface area contributed by atoms with Crippen LogP contribution in [0.5, 0.6) is 0 Å². The highest BCUT2D eigenvalue weighted by Crippen LogP contribution is 3.00. The molecule has 3 fully saturated rings. The summed E-state index contributed by atoms with van der Waals surface area (Å²) < 4.78 is 0. The predicted molar refractivity (Wildman–Crippen MR) is 59.9 cm³/mol. The van der Waals surface area contributed by atoms with E-state index in [1.165, 1.54) is 18.4 Å². The Labute approximate surface area is 87.1 Å². The van der Waals surface area contributed by atoms with E-state index in [1.54, 1.807) is 0 Å². The van der Waals surface area contributed by atoms with Crippen molar-refractivity contribution in [1.82, 2.24) is 0 Å². The molecule has 3 aliphatic carbocycles. The SMILES string of the molecule is C=CC(=C)C1(C)C2CCC3(C)C(C)C231. The van der Waals surface area contributed by atoms with Gasteiger partial charge in [0, 0.05) is 5.41 Å². The van der Waals surface area contributed by atoms with Crippen molar-refractivity contribution in [2.45, 2.75) is 33.6 Å². The smallest absolute Gasteiger partial charge is 0.00202 e. The van der Waals surface area contributed by atoms with Crippen LogP contribution in [0.15, 0.2) is 24.8 Å². The zero-order valence-electron chi connectivity index (χ0n) is 9.56. The molecule has 0 aromatic heterocycles. The van der Waals surface area contributed by atoms with E-state index in [0.29, 0.717) is 16.2 Å². The molecule has 3 rings (SSSR count). The van der Waals surface area contributed by atoms with E-state index in [4.69, 9.17) is 0 Å². The first-order valence-corrected chi connectivity index (χ1v) is 5.79. The lowest BCUT2D eigenvalue weighted by atomic mass is 9.86. The van der Waals surface area contributed by atoms with Gasteiger partial charge in [0.2, 0.25) is 0 Å². The Kier molecular flexibility index (Phi) is 1.18. The van der Waals surface area contributed by atoms with E-state index in [1.807, 2.05) is 6.08 Å². The third kappa shape index (κ3) is 0.476. The zero-order chi connectivity index (χ0) is 10.4. The normalized spacial score (nSPS) is 62.8. The summed E-state index contributed by atoms with van der Waals surface area (Å²) in [5.74, 6) is 1.83. The van der Waals surface area contributed by atoms with Crippen molar-refractivity contribution in [1.29, 1.82) is 0 Å². The van der Waals surface area contributed by atoms with E-state index in [0.717, 1.165) is 11.8 Å². The van der Waals surface area contributed by atoms with Crippen molar-refractivity contribution in [2.75, 3.05) is 0 Å². The van der Waals surface area contributed by atoms with Gasteiger partial charge in [0.15, 0.2) is 0 Å². The van der Waals surface area contributed by atoms with Crippen LogP contribution >= 0.6 is 0 Å². The average Bonchev–Trinajstić information content (AvgIpc) is 2.80. The number of hydrogen-bond acceptors (Lipinski definition) is 0. The summed E-state index contributed by atoms with van der Waals surface area (Å²) >= 11 is 0. The molecule has 0 N–H and O–H groups in total. The molecule has 0 nitrogen and oxygen atoms in total. The zero-order valence-corrected chi connectivity index (χ0v) is 9.56. The second-order valence-electron chi connectivity index (χ2n) is 6.03. The Morgan fingerprint density at radius 2 is 2.07 bits per heavy atom. The molecular formula is C14H20. The van der Waals surface area contributed by atoms with Gasteiger partial charge < -0.3 is 0 Å². The minimum absolute atomic E-state index is 0.404. The van der Waals surface area contributed by atoms with Crippen molar-refractivity contribution in [2.24, 2.45) is 28.1 Å². The van der Waals surface area contributed by atoms with E-state index < -0.39 is 0 Å². The van der Waals surface area contributed by atoms with Crippen molar-refractivity contribution >= 4 is 0 Å². The van der Waals surface area contributed by atoms with Gasteiger partial charge in [-0.2, -0.15) is 0 Å². The van der Waals surface area contributed by atoms with Crippen molar-refractivity contribution in [3.8, 4) is 0 Å². The summed E-state index contributed by atoms with van der Waals surface area (Å²) in [4.78, 5) is 0. The molecular weight excluding hydrogens is 168 g/mol. The van der Waals surface area contributed by atoms with Gasteiger partial charge in [-0.15, -0.1) is 0 Å². The highest BCUT2D eigenvalue weighted by atomic mass is 15.0. The molecule has 14 heavy (non-hydrogen) atoms. The first kappa shape index (κ1) is 8.76. The molecule has 0 aromatic rings. The van der Waals surface area contributed by atoms with Gasteiger partial charge in [-0.1, -0.05) is 40.0 Å². The van der Waals surface area contributed by atoms with Crippen LogP contribution in [0.1, 0.15) is 33.6 Å². The van der Waals surface area contributed by atoms with Crippen LogP contribution in [0.3, 0.4) is 0 Å². The third-order valence-electron chi connectivity index (χ3n) is 6.39. The molecule has 76 valence electrons. The van der Waals surface area contributed by atoms with E-state index in [9.17, 15) is 0 Å². The quantitative estimate of drug-likeness (QED) is 0.578. The fraction of sp³-hybridized carbons (Fsp3) is 0.714.